The molecule has 1 unspecified atom stereocenters. The molecular formula is C9H6FNO. The summed E-state index contributed by atoms with van der Waals surface area (Å²) in [5.41, 5.74) is 1.89. The molecule has 0 aliphatic heterocycles. The van der Waals surface area contributed by atoms with Crippen LogP contribution in [0.1, 0.15) is 17.2 Å². The van der Waals surface area contributed by atoms with E-state index in [9.17, 15) is 9.18 Å². The molecule has 12 heavy (non-hydrogen) atoms. The van der Waals surface area contributed by atoms with Crippen LogP contribution >= 0.6 is 0 Å². The molecular weight excluding hydrogens is 157 g/mol. The minimum atomic E-state index is -0.278. The lowest BCUT2D eigenvalue weighted by Gasteiger charge is -2.24. The molecule has 1 aliphatic carbocycles. The first-order valence-corrected chi connectivity index (χ1v) is 3.66. The third-order valence-electron chi connectivity index (χ3n) is 2.09. The van der Waals surface area contributed by atoms with E-state index < -0.39 is 0 Å². The van der Waals surface area contributed by atoms with Gasteiger partial charge in [0.2, 0.25) is 6.08 Å². The Kier molecular flexibility index (Phi) is 1.52. The number of nitrogens with zero attached hydrogens (tertiary/aromatic N) is 1. The lowest BCUT2D eigenvalue weighted by atomic mass is 9.84. The zero-order valence-electron chi connectivity index (χ0n) is 6.25. The van der Waals surface area contributed by atoms with Crippen molar-refractivity contribution in [1.29, 1.82) is 0 Å². The normalized spacial score (nSPS) is 18.9. The van der Waals surface area contributed by atoms with E-state index in [1.807, 2.05) is 0 Å². The van der Waals surface area contributed by atoms with Crippen LogP contribution in [-0.4, -0.2) is 6.08 Å². The van der Waals surface area contributed by atoms with Crippen molar-refractivity contribution in [3.63, 3.8) is 0 Å². The maximum Gasteiger partial charge on any atom is 0.235 e. The summed E-state index contributed by atoms with van der Waals surface area (Å²) in [5.74, 6) is -0.278. The lowest BCUT2D eigenvalue weighted by Crippen LogP contribution is -2.15. The van der Waals surface area contributed by atoms with Gasteiger partial charge in [-0.15, -0.1) is 0 Å². The van der Waals surface area contributed by atoms with Gasteiger partial charge in [0.25, 0.3) is 0 Å². The van der Waals surface area contributed by atoms with E-state index in [0.717, 1.165) is 17.5 Å². The molecule has 0 radical (unpaired) electrons. The smallest absolute Gasteiger partial charge is 0.211 e. The van der Waals surface area contributed by atoms with Gasteiger partial charge in [0, 0.05) is 6.42 Å². The van der Waals surface area contributed by atoms with Gasteiger partial charge in [0.05, 0.1) is 6.04 Å². The van der Waals surface area contributed by atoms with E-state index in [-0.39, 0.29) is 11.9 Å². The SMILES string of the molecule is O=C=NC1Cc2ccc(F)cc21. The molecule has 2 nitrogen and oxygen atoms in total. The molecule has 1 aromatic carbocycles. The number of aliphatic imine (C=N–C) groups is 1. The minimum Gasteiger partial charge on any atom is -0.211 e. The third-order valence-corrected chi connectivity index (χ3v) is 2.09. The topological polar surface area (TPSA) is 29.4 Å². The summed E-state index contributed by atoms with van der Waals surface area (Å²) >= 11 is 0. The van der Waals surface area contributed by atoms with Gasteiger partial charge >= 0.3 is 0 Å². The van der Waals surface area contributed by atoms with Gasteiger partial charge < -0.3 is 0 Å². The number of carbonyl (C=O) groups excluding carboxylic acids is 1. The molecule has 0 saturated heterocycles. The standard InChI is InChI=1S/C9H6FNO/c10-7-2-1-6-3-9(11-5-12)8(6)4-7/h1-2,4,9H,3H2. The van der Waals surface area contributed by atoms with Gasteiger partial charge in [-0.05, 0) is 23.3 Å². The maximum absolute atomic E-state index is 12.7. The molecule has 0 N–H and O–H groups in total. The summed E-state index contributed by atoms with van der Waals surface area (Å²) in [7, 11) is 0. The van der Waals surface area contributed by atoms with Gasteiger partial charge in [-0.3, -0.25) is 0 Å². The van der Waals surface area contributed by atoms with Crippen molar-refractivity contribution in [2.24, 2.45) is 4.99 Å². The number of benzene rings is 1. The Morgan fingerprint density at radius 2 is 2.42 bits per heavy atom. The molecule has 1 aromatic rings. The molecule has 0 saturated carbocycles. The second-order valence-corrected chi connectivity index (χ2v) is 2.78. The highest BCUT2D eigenvalue weighted by molar-refractivity contribution is 5.44. The Bertz CT molecular complexity index is 369. The quantitative estimate of drug-likeness (QED) is 0.458. The molecule has 1 atom stereocenters. The number of rotatable bonds is 1. The van der Waals surface area contributed by atoms with Crippen molar-refractivity contribution in [2.75, 3.05) is 0 Å². The number of hydrogen-bond acceptors (Lipinski definition) is 2. The molecule has 0 spiro atoms. The van der Waals surface area contributed by atoms with Crippen LogP contribution in [0.3, 0.4) is 0 Å². The predicted molar refractivity (Wildman–Crippen MR) is 41.0 cm³/mol. The van der Waals surface area contributed by atoms with Crippen molar-refractivity contribution in [3.05, 3.63) is 35.1 Å². The molecule has 2 rings (SSSR count). The number of halogens is 1. The van der Waals surface area contributed by atoms with Gasteiger partial charge in [0.15, 0.2) is 0 Å². The Morgan fingerprint density at radius 1 is 1.58 bits per heavy atom. The van der Waals surface area contributed by atoms with E-state index in [2.05, 4.69) is 4.99 Å². The fourth-order valence-electron chi connectivity index (χ4n) is 1.43. The van der Waals surface area contributed by atoms with E-state index in [0.29, 0.717) is 0 Å². The zero-order chi connectivity index (χ0) is 8.55. The van der Waals surface area contributed by atoms with E-state index in [1.165, 1.54) is 18.2 Å². The maximum atomic E-state index is 12.7. The number of isocyanates is 1. The van der Waals surface area contributed by atoms with Crippen molar-refractivity contribution in [1.82, 2.24) is 0 Å². The van der Waals surface area contributed by atoms with Crippen LogP contribution in [0.4, 0.5) is 4.39 Å². The summed E-state index contributed by atoms with van der Waals surface area (Å²) in [6.45, 7) is 0. The van der Waals surface area contributed by atoms with Crippen molar-refractivity contribution >= 4 is 6.08 Å². The van der Waals surface area contributed by atoms with Crippen LogP contribution in [-0.2, 0) is 11.2 Å². The second kappa shape index (κ2) is 2.54. The summed E-state index contributed by atoms with van der Waals surface area (Å²) in [5, 5.41) is 0. The third kappa shape index (κ3) is 0.953. The lowest BCUT2D eigenvalue weighted by molar-refractivity contribution is 0.547. The molecule has 60 valence electrons. The van der Waals surface area contributed by atoms with Crippen molar-refractivity contribution in [3.8, 4) is 0 Å². The minimum absolute atomic E-state index is 0.159. The first-order chi connectivity index (χ1) is 5.81. The van der Waals surface area contributed by atoms with Gasteiger partial charge in [-0.2, -0.15) is 4.99 Å². The van der Waals surface area contributed by atoms with Gasteiger partial charge in [0.1, 0.15) is 5.82 Å². The van der Waals surface area contributed by atoms with Crippen LogP contribution < -0.4 is 0 Å². The summed E-state index contributed by atoms with van der Waals surface area (Å²) in [6, 6.07) is 4.40. The second-order valence-electron chi connectivity index (χ2n) is 2.78. The average molecular weight is 163 g/mol. The first kappa shape index (κ1) is 7.19. The molecule has 0 fully saturated rings. The summed E-state index contributed by atoms with van der Waals surface area (Å²) in [4.78, 5) is 13.5. The Balaban J connectivity index is 2.39. The molecule has 1 aliphatic rings. The average Bonchev–Trinajstić information content (AvgIpc) is 2.05. The first-order valence-electron chi connectivity index (χ1n) is 3.66. The highest BCUT2D eigenvalue weighted by Gasteiger charge is 2.25. The van der Waals surface area contributed by atoms with Gasteiger partial charge in [-0.25, -0.2) is 9.18 Å². The summed E-state index contributed by atoms with van der Waals surface area (Å²) < 4.78 is 12.7. The monoisotopic (exact) mass is 163 g/mol. The molecule has 0 heterocycles. The molecule has 0 aromatic heterocycles. The van der Waals surface area contributed by atoms with Crippen LogP contribution in [0.15, 0.2) is 23.2 Å². The van der Waals surface area contributed by atoms with Crippen molar-refractivity contribution in [2.45, 2.75) is 12.5 Å². The van der Waals surface area contributed by atoms with Crippen LogP contribution in [0.5, 0.6) is 0 Å². The fourth-order valence-corrected chi connectivity index (χ4v) is 1.43. The summed E-state index contributed by atoms with van der Waals surface area (Å²) in [6.07, 6.45) is 2.21. The fraction of sp³-hybridized carbons (Fsp3) is 0.222. The van der Waals surface area contributed by atoms with Crippen LogP contribution in [0, 0.1) is 5.82 Å². The van der Waals surface area contributed by atoms with E-state index in [1.54, 1.807) is 6.07 Å². The Hall–Kier alpha value is -1.47. The number of hydrogen-bond donors (Lipinski definition) is 0. The number of fused-ring (bicyclic) bond motifs is 1. The zero-order valence-corrected chi connectivity index (χ0v) is 6.25. The van der Waals surface area contributed by atoms with E-state index >= 15 is 0 Å². The molecule has 3 heteroatoms. The van der Waals surface area contributed by atoms with Crippen LogP contribution in [0.2, 0.25) is 0 Å². The largest absolute Gasteiger partial charge is 0.235 e. The van der Waals surface area contributed by atoms with Crippen LogP contribution in [0.25, 0.3) is 0 Å². The highest BCUT2D eigenvalue weighted by Crippen LogP contribution is 2.35. The predicted octanol–water partition coefficient (Wildman–Crippen LogP) is 1.76. The highest BCUT2D eigenvalue weighted by atomic mass is 19.1. The molecule has 0 amide bonds. The Morgan fingerprint density at radius 3 is 3.17 bits per heavy atom. The van der Waals surface area contributed by atoms with E-state index in [4.69, 9.17) is 0 Å². The van der Waals surface area contributed by atoms with Crippen molar-refractivity contribution < 1.29 is 9.18 Å². The van der Waals surface area contributed by atoms with Gasteiger partial charge in [-0.1, -0.05) is 6.07 Å². The Labute approximate surface area is 68.7 Å². The molecule has 0 bridgehead atoms.